The van der Waals surface area contributed by atoms with Crippen molar-refractivity contribution in [1.82, 2.24) is 14.3 Å². The highest BCUT2D eigenvalue weighted by Gasteiger charge is 2.09. The van der Waals surface area contributed by atoms with Gasteiger partial charge in [0.05, 0.1) is 7.05 Å². The molecule has 1 N–H and O–H groups in total. The molecule has 118 valence electrons. The second-order valence-corrected chi connectivity index (χ2v) is 5.90. The fraction of sp³-hybridized carbons (Fsp3) is 0.176. The molecule has 0 bridgehead atoms. The van der Waals surface area contributed by atoms with Gasteiger partial charge in [-0.3, -0.25) is 4.57 Å². The number of hydrogen-bond acceptors (Lipinski definition) is 2. The zero-order valence-corrected chi connectivity index (χ0v) is 13.6. The van der Waals surface area contributed by atoms with E-state index < -0.39 is 0 Å². The standard InChI is InChI=1S/C17H17FN4S/c1-20(11-14-7-9-15(18)10-8-14)13-22-17(23)21(12-19-22)16-5-3-2-4-6-16/h2-10,12H,11,13H2,1H3/p+1. The van der Waals surface area contributed by atoms with E-state index in [0.717, 1.165) is 17.8 Å². The number of hydrogen-bond donors (Lipinski definition) is 1. The van der Waals surface area contributed by atoms with Crippen molar-refractivity contribution < 1.29 is 9.29 Å². The van der Waals surface area contributed by atoms with Gasteiger partial charge in [0.25, 0.3) is 0 Å². The molecule has 0 fully saturated rings. The lowest BCUT2D eigenvalue weighted by Gasteiger charge is -2.13. The van der Waals surface area contributed by atoms with E-state index in [-0.39, 0.29) is 5.82 Å². The lowest BCUT2D eigenvalue weighted by molar-refractivity contribution is -0.917. The number of para-hydroxylation sites is 1. The SMILES string of the molecule is C[NH+](Cc1ccc(F)cc1)Cn1ncn(-c2ccccc2)c1=S. The number of halogens is 1. The van der Waals surface area contributed by atoms with E-state index in [4.69, 9.17) is 12.2 Å². The van der Waals surface area contributed by atoms with Crippen LogP contribution in [0.3, 0.4) is 0 Å². The maximum Gasteiger partial charge on any atom is 0.207 e. The Morgan fingerprint density at radius 3 is 2.48 bits per heavy atom. The lowest BCUT2D eigenvalue weighted by atomic mass is 10.2. The summed E-state index contributed by atoms with van der Waals surface area (Å²) in [5.41, 5.74) is 2.08. The van der Waals surface area contributed by atoms with Gasteiger partial charge in [-0.05, 0) is 36.5 Å². The normalized spacial score (nSPS) is 12.3. The van der Waals surface area contributed by atoms with E-state index in [1.165, 1.54) is 17.0 Å². The fourth-order valence-corrected chi connectivity index (χ4v) is 2.74. The van der Waals surface area contributed by atoms with Crippen LogP contribution in [0.2, 0.25) is 0 Å². The van der Waals surface area contributed by atoms with Crippen molar-refractivity contribution in [1.29, 1.82) is 0 Å². The van der Waals surface area contributed by atoms with Gasteiger partial charge in [0.1, 0.15) is 18.7 Å². The molecule has 23 heavy (non-hydrogen) atoms. The quantitative estimate of drug-likeness (QED) is 0.727. The maximum atomic E-state index is 13.0. The molecule has 1 heterocycles. The number of rotatable bonds is 5. The van der Waals surface area contributed by atoms with Crippen LogP contribution in [-0.4, -0.2) is 21.4 Å². The van der Waals surface area contributed by atoms with Gasteiger partial charge in [-0.1, -0.05) is 30.3 Å². The van der Waals surface area contributed by atoms with E-state index in [9.17, 15) is 4.39 Å². The van der Waals surface area contributed by atoms with Gasteiger partial charge in [0.2, 0.25) is 4.77 Å². The summed E-state index contributed by atoms with van der Waals surface area (Å²) in [6, 6.07) is 16.5. The molecule has 1 aromatic heterocycles. The summed E-state index contributed by atoms with van der Waals surface area (Å²) in [6.45, 7) is 1.43. The molecular formula is C17H18FN4S+. The van der Waals surface area contributed by atoms with Crippen LogP contribution in [-0.2, 0) is 13.2 Å². The Morgan fingerprint density at radius 1 is 1.09 bits per heavy atom. The third-order valence-electron chi connectivity index (χ3n) is 3.61. The summed E-state index contributed by atoms with van der Waals surface area (Å²) < 4.78 is 17.3. The van der Waals surface area contributed by atoms with E-state index in [1.54, 1.807) is 23.1 Å². The Kier molecular flexibility index (Phi) is 4.64. The third-order valence-corrected chi connectivity index (χ3v) is 4.01. The first-order chi connectivity index (χ1) is 11.1. The second-order valence-electron chi connectivity index (χ2n) is 5.54. The molecule has 3 rings (SSSR count). The Labute approximate surface area is 139 Å². The summed E-state index contributed by atoms with van der Waals surface area (Å²) in [6.07, 6.45) is 1.74. The molecule has 0 aliphatic heterocycles. The van der Waals surface area contributed by atoms with Gasteiger partial charge in [-0.15, -0.1) is 0 Å². The highest BCUT2D eigenvalue weighted by molar-refractivity contribution is 7.71. The van der Waals surface area contributed by atoms with Gasteiger partial charge in [-0.2, -0.15) is 9.78 Å². The molecule has 1 unspecified atom stereocenters. The number of aromatic nitrogens is 3. The summed E-state index contributed by atoms with van der Waals surface area (Å²) >= 11 is 5.51. The second kappa shape index (κ2) is 6.85. The summed E-state index contributed by atoms with van der Waals surface area (Å²) in [5, 5.41) is 4.38. The predicted molar refractivity (Wildman–Crippen MR) is 89.4 cm³/mol. The van der Waals surface area contributed by atoms with Crippen molar-refractivity contribution in [2.75, 3.05) is 7.05 Å². The highest BCUT2D eigenvalue weighted by Crippen LogP contribution is 2.07. The van der Waals surface area contributed by atoms with Gasteiger partial charge >= 0.3 is 0 Å². The number of nitrogens with one attached hydrogen (secondary N) is 1. The topological polar surface area (TPSA) is 27.2 Å². The zero-order valence-electron chi connectivity index (χ0n) is 12.8. The zero-order chi connectivity index (χ0) is 16.2. The summed E-state index contributed by atoms with van der Waals surface area (Å²) in [4.78, 5) is 1.21. The Balaban J connectivity index is 1.72. The van der Waals surface area contributed by atoms with E-state index in [1.807, 2.05) is 34.9 Å². The Bertz CT molecular complexity index is 824. The lowest BCUT2D eigenvalue weighted by Crippen LogP contribution is -3.07. The monoisotopic (exact) mass is 329 g/mol. The van der Waals surface area contributed by atoms with Gasteiger partial charge in [0.15, 0.2) is 6.67 Å². The predicted octanol–water partition coefficient (Wildman–Crippen LogP) is 2.21. The van der Waals surface area contributed by atoms with Gasteiger partial charge < -0.3 is 4.90 Å². The number of benzene rings is 2. The van der Waals surface area contributed by atoms with Gasteiger partial charge in [-0.25, -0.2) is 4.39 Å². The summed E-state index contributed by atoms with van der Waals surface area (Å²) in [7, 11) is 2.06. The molecule has 0 amide bonds. The molecule has 0 spiro atoms. The van der Waals surface area contributed by atoms with E-state index in [2.05, 4.69) is 12.1 Å². The first-order valence-electron chi connectivity index (χ1n) is 7.39. The molecular weight excluding hydrogens is 311 g/mol. The average Bonchev–Trinajstić information content (AvgIpc) is 2.91. The molecule has 0 aliphatic rings. The van der Waals surface area contributed by atoms with Crippen LogP contribution < -0.4 is 4.90 Å². The minimum Gasteiger partial charge on any atom is -0.315 e. The van der Waals surface area contributed by atoms with Crippen LogP contribution in [0.25, 0.3) is 5.69 Å². The molecule has 0 saturated heterocycles. The third kappa shape index (κ3) is 3.72. The number of nitrogens with zero attached hydrogens (tertiary/aromatic N) is 3. The molecule has 4 nitrogen and oxygen atoms in total. The minimum absolute atomic E-state index is 0.213. The largest absolute Gasteiger partial charge is 0.315 e. The van der Waals surface area contributed by atoms with Crippen LogP contribution in [0.15, 0.2) is 60.9 Å². The van der Waals surface area contributed by atoms with Crippen LogP contribution in [0.4, 0.5) is 4.39 Å². The number of quaternary nitrogens is 1. The molecule has 2 aromatic carbocycles. The molecule has 1 atom stereocenters. The minimum atomic E-state index is -0.213. The molecule has 6 heteroatoms. The van der Waals surface area contributed by atoms with Crippen LogP contribution in [0.5, 0.6) is 0 Å². The Morgan fingerprint density at radius 2 is 1.78 bits per heavy atom. The van der Waals surface area contributed by atoms with Crippen molar-refractivity contribution >= 4 is 12.2 Å². The molecule has 0 aliphatic carbocycles. The maximum absolute atomic E-state index is 13.0. The summed E-state index contributed by atoms with van der Waals surface area (Å²) in [5.74, 6) is -0.213. The van der Waals surface area contributed by atoms with Crippen molar-refractivity contribution in [2.45, 2.75) is 13.2 Å². The van der Waals surface area contributed by atoms with Crippen molar-refractivity contribution in [2.24, 2.45) is 0 Å². The molecule has 0 saturated carbocycles. The van der Waals surface area contributed by atoms with Crippen molar-refractivity contribution in [3.63, 3.8) is 0 Å². The highest BCUT2D eigenvalue weighted by atomic mass is 32.1. The molecule has 3 aromatic rings. The Hall–Kier alpha value is -2.31. The molecule has 0 radical (unpaired) electrons. The van der Waals surface area contributed by atoms with Crippen molar-refractivity contribution in [3.05, 3.63) is 77.1 Å². The van der Waals surface area contributed by atoms with Crippen LogP contribution in [0.1, 0.15) is 5.56 Å². The van der Waals surface area contributed by atoms with Gasteiger partial charge in [0, 0.05) is 11.3 Å². The smallest absolute Gasteiger partial charge is 0.207 e. The van der Waals surface area contributed by atoms with E-state index in [0.29, 0.717) is 11.4 Å². The van der Waals surface area contributed by atoms with Crippen molar-refractivity contribution in [3.8, 4) is 5.69 Å². The fourth-order valence-electron chi connectivity index (χ4n) is 2.47. The first-order valence-corrected chi connectivity index (χ1v) is 7.80. The van der Waals surface area contributed by atoms with Crippen LogP contribution in [0, 0.1) is 10.6 Å². The van der Waals surface area contributed by atoms with E-state index >= 15 is 0 Å². The first kappa shape index (κ1) is 15.6. The van der Waals surface area contributed by atoms with Crippen LogP contribution >= 0.6 is 12.2 Å². The average molecular weight is 329 g/mol.